The lowest BCUT2D eigenvalue weighted by molar-refractivity contribution is -0.140. The first kappa shape index (κ1) is 30.3. The third-order valence-corrected chi connectivity index (χ3v) is 7.43. The lowest BCUT2D eigenvalue weighted by atomic mass is 9.92. The Kier molecular flexibility index (Phi) is 10.1. The van der Waals surface area contributed by atoms with Crippen LogP contribution in [-0.2, 0) is 15.7 Å². The second kappa shape index (κ2) is 12.7. The van der Waals surface area contributed by atoms with Gasteiger partial charge >= 0.3 is 6.18 Å². The van der Waals surface area contributed by atoms with Crippen molar-refractivity contribution in [2.24, 2.45) is 0 Å². The van der Waals surface area contributed by atoms with E-state index in [4.69, 9.17) is 9.47 Å². The third-order valence-electron chi connectivity index (χ3n) is 7.43. The van der Waals surface area contributed by atoms with E-state index in [2.05, 4.69) is 0 Å². The van der Waals surface area contributed by atoms with Crippen LogP contribution < -0.4 is 9.64 Å². The van der Waals surface area contributed by atoms with Crippen LogP contribution in [0.3, 0.4) is 0 Å². The lowest BCUT2D eigenvalue weighted by Gasteiger charge is -2.42. The molecule has 0 radical (unpaired) electrons. The molecule has 0 saturated heterocycles. The number of amides is 2. The highest BCUT2D eigenvalue weighted by Gasteiger charge is 2.47. The maximum Gasteiger partial charge on any atom is 0.417 e. The smallest absolute Gasteiger partial charge is 0.417 e. The van der Waals surface area contributed by atoms with Crippen LogP contribution >= 0.6 is 0 Å². The van der Waals surface area contributed by atoms with Crippen LogP contribution in [0, 0.1) is 0 Å². The number of fused-ring (bicyclic) bond motifs is 1. The average Bonchev–Trinajstić information content (AvgIpc) is 2.86. The molecule has 1 aromatic rings. The largest absolute Gasteiger partial charge is 0.473 e. The number of halogens is 3. The zero-order valence-corrected chi connectivity index (χ0v) is 23.5. The van der Waals surface area contributed by atoms with E-state index in [0.29, 0.717) is 19.6 Å². The number of carbonyl (C=O) groups excluding carboxylic acids is 2. The number of nitrogens with zero attached hydrogens (tertiary/aromatic N) is 2. The van der Waals surface area contributed by atoms with Crippen LogP contribution in [0.1, 0.15) is 108 Å². The molecule has 0 spiro atoms. The molecule has 1 aromatic carbocycles. The highest BCUT2D eigenvalue weighted by Crippen LogP contribution is 2.45. The van der Waals surface area contributed by atoms with E-state index in [1.54, 1.807) is 11.8 Å². The van der Waals surface area contributed by atoms with Crippen LogP contribution in [0.4, 0.5) is 18.9 Å². The molecule has 9 heteroatoms. The lowest BCUT2D eigenvalue weighted by Crippen LogP contribution is -2.57. The minimum absolute atomic E-state index is 0.0543. The standard InChI is InChI=1S/C29H43F3N2O4/c1-6-8-12-15-33-24-17-22(26(35)34(20(3)4)21-13-10-9-11-14-21)23(29(30,31)32)18-25(24)38-28(5,27(33)36)19-37-16-7-2/h17-18,20-21H,6-16,19H2,1-5H3. The van der Waals surface area contributed by atoms with Gasteiger partial charge in [-0.2, -0.15) is 13.2 Å². The zero-order valence-electron chi connectivity index (χ0n) is 23.5. The Morgan fingerprint density at radius 3 is 2.42 bits per heavy atom. The summed E-state index contributed by atoms with van der Waals surface area (Å²) in [6.07, 6.45) is 2.93. The van der Waals surface area contributed by atoms with E-state index < -0.39 is 28.8 Å². The SMILES string of the molecule is CCCCCN1C(=O)C(C)(COCCC)Oc2cc(C(F)(F)F)c(C(=O)N(C(C)C)C3CCCCC3)cc21. The molecule has 0 N–H and O–H groups in total. The van der Waals surface area contributed by atoms with Gasteiger partial charge < -0.3 is 19.3 Å². The highest BCUT2D eigenvalue weighted by atomic mass is 19.4. The van der Waals surface area contributed by atoms with Crippen molar-refractivity contribution in [3.8, 4) is 5.75 Å². The van der Waals surface area contributed by atoms with Crippen LogP contribution in [0.2, 0.25) is 0 Å². The van der Waals surface area contributed by atoms with Crippen LogP contribution in [0.5, 0.6) is 5.75 Å². The fraction of sp³-hybridized carbons (Fsp3) is 0.724. The van der Waals surface area contributed by atoms with Crippen LogP contribution in [0.25, 0.3) is 0 Å². The molecule has 2 aliphatic rings. The van der Waals surface area contributed by atoms with Gasteiger partial charge in [0.05, 0.1) is 23.4 Å². The number of benzene rings is 1. The highest BCUT2D eigenvalue weighted by molar-refractivity contribution is 6.05. The molecule has 38 heavy (non-hydrogen) atoms. The van der Waals surface area contributed by atoms with Crippen molar-refractivity contribution in [2.75, 3.05) is 24.7 Å². The maximum absolute atomic E-state index is 14.4. The van der Waals surface area contributed by atoms with Gasteiger partial charge in [0.1, 0.15) is 5.75 Å². The molecule has 6 nitrogen and oxygen atoms in total. The van der Waals surface area contributed by atoms with Gasteiger partial charge in [0.2, 0.25) is 5.60 Å². The Labute approximate surface area is 224 Å². The van der Waals surface area contributed by atoms with Crippen molar-refractivity contribution in [1.29, 1.82) is 0 Å². The Hall–Kier alpha value is -2.29. The van der Waals surface area contributed by atoms with Crippen molar-refractivity contribution in [2.45, 2.75) is 116 Å². The summed E-state index contributed by atoms with van der Waals surface area (Å²) in [5, 5.41) is 0. The van der Waals surface area contributed by atoms with Gasteiger partial charge in [-0.05, 0) is 58.6 Å². The summed E-state index contributed by atoms with van der Waals surface area (Å²) in [6.45, 7) is 9.85. The second-order valence-corrected chi connectivity index (χ2v) is 11.0. The first-order valence-corrected chi connectivity index (χ1v) is 14.1. The first-order valence-electron chi connectivity index (χ1n) is 14.1. The predicted octanol–water partition coefficient (Wildman–Crippen LogP) is 6.99. The summed E-state index contributed by atoms with van der Waals surface area (Å²) >= 11 is 0. The Morgan fingerprint density at radius 2 is 1.84 bits per heavy atom. The van der Waals surface area contributed by atoms with E-state index in [9.17, 15) is 22.8 Å². The molecule has 1 unspecified atom stereocenters. The summed E-state index contributed by atoms with van der Waals surface area (Å²) in [4.78, 5) is 30.6. The molecule has 2 amide bonds. The molecular formula is C29H43F3N2O4. The summed E-state index contributed by atoms with van der Waals surface area (Å²) in [5.74, 6) is -1.08. The number of ether oxygens (including phenoxy) is 2. The fourth-order valence-corrected chi connectivity index (χ4v) is 5.52. The molecule has 3 rings (SSSR count). The van der Waals surface area contributed by atoms with Crippen LogP contribution in [-0.4, -0.2) is 54.2 Å². The minimum atomic E-state index is -4.78. The predicted molar refractivity (Wildman–Crippen MR) is 142 cm³/mol. The van der Waals surface area contributed by atoms with E-state index >= 15 is 0 Å². The summed E-state index contributed by atoms with van der Waals surface area (Å²) in [7, 11) is 0. The molecule has 1 saturated carbocycles. The number of alkyl halides is 3. The zero-order chi connectivity index (χ0) is 28.1. The summed E-state index contributed by atoms with van der Waals surface area (Å²) < 4.78 is 54.8. The number of rotatable bonds is 11. The van der Waals surface area contributed by atoms with E-state index in [0.717, 1.165) is 57.4 Å². The quantitative estimate of drug-likeness (QED) is 0.284. The molecular weight excluding hydrogens is 497 g/mol. The molecule has 214 valence electrons. The van der Waals surface area contributed by atoms with Crippen molar-refractivity contribution < 1.29 is 32.2 Å². The van der Waals surface area contributed by atoms with Crippen LogP contribution in [0.15, 0.2) is 12.1 Å². The topological polar surface area (TPSA) is 59.1 Å². The van der Waals surface area contributed by atoms with Gasteiger partial charge in [-0.3, -0.25) is 9.59 Å². The van der Waals surface area contributed by atoms with Crippen molar-refractivity contribution in [3.05, 3.63) is 23.3 Å². The van der Waals surface area contributed by atoms with E-state index in [-0.39, 0.29) is 36.0 Å². The van der Waals surface area contributed by atoms with E-state index in [1.165, 1.54) is 11.0 Å². The molecule has 1 fully saturated rings. The van der Waals surface area contributed by atoms with Gasteiger partial charge in [-0.25, -0.2) is 0 Å². The van der Waals surface area contributed by atoms with Gasteiger partial charge in [0, 0.05) is 25.2 Å². The Bertz CT molecular complexity index is 975. The van der Waals surface area contributed by atoms with Crippen molar-refractivity contribution in [1.82, 2.24) is 4.90 Å². The Morgan fingerprint density at radius 1 is 1.16 bits per heavy atom. The maximum atomic E-state index is 14.4. The first-order chi connectivity index (χ1) is 17.9. The number of hydrogen-bond donors (Lipinski definition) is 0. The molecule has 1 aliphatic heterocycles. The van der Waals surface area contributed by atoms with Gasteiger partial charge in [-0.1, -0.05) is 46.0 Å². The number of carbonyl (C=O) groups is 2. The number of unbranched alkanes of at least 4 members (excludes halogenated alkanes) is 2. The van der Waals surface area contributed by atoms with E-state index in [1.807, 2.05) is 27.7 Å². The molecule has 0 aromatic heterocycles. The fourth-order valence-electron chi connectivity index (χ4n) is 5.52. The second-order valence-electron chi connectivity index (χ2n) is 11.0. The molecule has 1 heterocycles. The Balaban J connectivity index is 2.12. The number of hydrogen-bond acceptors (Lipinski definition) is 4. The number of anilines is 1. The third kappa shape index (κ3) is 6.64. The van der Waals surface area contributed by atoms with Gasteiger partial charge in [-0.15, -0.1) is 0 Å². The normalized spacial score (nSPS) is 20.4. The summed E-state index contributed by atoms with van der Waals surface area (Å²) in [5.41, 5.74) is -2.72. The summed E-state index contributed by atoms with van der Waals surface area (Å²) in [6, 6.07) is 1.76. The minimum Gasteiger partial charge on any atom is -0.473 e. The van der Waals surface area contributed by atoms with Gasteiger partial charge in [0.25, 0.3) is 11.8 Å². The molecule has 0 bridgehead atoms. The van der Waals surface area contributed by atoms with Gasteiger partial charge in [0.15, 0.2) is 0 Å². The average molecular weight is 541 g/mol. The van der Waals surface area contributed by atoms with Crippen molar-refractivity contribution in [3.63, 3.8) is 0 Å². The molecule has 1 atom stereocenters. The monoisotopic (exact) mass is 540 g/mol. The molecule has 1 aliphatic carbocycles. The van der Waals surface area contributed by atoms with Crippen molar-refractivity contribution >= 4 is 17.5 Å².